The van der Waals surface area contributed by atoms with E-state index in [1.165, 1.54) is 0 Å². The first-order chi connectivity index (χ1) is 9.47. The number of benzene rings is 1. The number of carbonyl (C=O) groups excluding carboxylic acids is 1. The zero-order chi connectivity index (χ0) is 14.7. The maximum atomic E-state index is 12.0. The zero-order valence-electron chi connectivity index (χ0n) is 12.1. The van der Waals surface area contributed by atoms with Crippen LogP contribution in [0.3, 0.4) is 0 Å². The van der Waals surface area contributed by atoms with E-state index >= 15 is 0 Å². The molecule has 1 aliphatic heterocycles. The lowest BCUT2D eigenvalue weighted by atomic mass is 10.1. The van der Waals surface area contributed by atoms with Crippen LogP contribution in [-0.2, 0) is 4.79 Å². The molecule has 1 heterocycles. The molecule has 0 saturated carbocycles. The van der Waals surface area contributed by atoms with E-state index in [2.05, 4.69) is 18.7 Å². The summed E-state index contributed by atoms with van der Waals surface area (Å²) < 4.78 is 0. The van der Waals surface area contributed by atoms with E-state index in [0.29, 0.717) is 23.0 Å². The number of rotatable bonds is 3. The van der Waals surface area contributed by atoms with Gasteiger partial charge in [0.2, 0.25) is 5.91 Å². The highest BCUT2D eigenvalue weighted by atomic mass is 35.5. The van der Waals surface area contributed by atoms with Crippen molar-refractivity contribution in [3.05, 3.63) is 23.2 Å². The van der Waals surface area contributed by atoms with Gasteiger partial charge in [-0.15, -0.1) is 0 Å². The number of nitrogens with zero attached hydrogens (tertiary/aromatic N) is 2. The van der Waals surface area contributed by atoms with Gasteiger partial charge in [0.1, 0.15) is 0 Å². The second kappa shape index (κ2) is 6.35. The molecule has 0 aliphatic carbocycles. The highest BCUT2D eigenvalue weighted by molar-refractivity contribution is 6.33. The van der Waals surface area contributed by atoms with Crippen molar-refractivity contribution in [3.8, 4) is 0 Å². The molecule has 1 fully saturated rings. The minimum atomic E-state index is 0.253. The summed E-state index contributed by atoms with van der Waals surface area (Å²) in [5.74, 6) is 0.662. The van der Waals surface area contributed by atoms with E-state index < -0.39 is 0 Å². The molecule has 1 aliphatic rings. The minimum absolute atomic E-state index is 0.253. The molecule has 0 spiro atoms. The average Bonchev–Trinajstić information content (AvgIpc) is 2.38. The van der Waals surface area contributed by atoms with Crippen molar-refractivity contribution in [1.82, 2.24) is 4.90 Å². The molecule has 20 heavy (non-hydrogen) atoms. The topological polar surface area (TPSA) is 49.6 Å². The normalized spacial score (nSPS) is 15.8. The number of nitrogens with two attached hydrogens (primary N) is 1. The van der Waals surface area contributed by atoms with E-state index in [1.807, 2.05) is 17.0 Å². The standard InChI is InChI=1S/C15H22ClN3O/c1-11(2)9-15(20)19-7-5-18(6-8-19)14-4-3-12(17)10-13(14)16/h3-4,10-11H,5-9,17H2,1-2H3. The molecule has 4 nitrogen and oxygen atoms in total. The van der Waals surface area contributed by atoms with Gasteiger partial charge in [-0.3, -0.25) is 4.79 Å². The number of amides is 1. The number of nitrogen functional groups attached to an aromatic ring is 1. The van der Waals surface area contributed by atoms with Crippen molar-refractivity contribution in [2.24, 2.45) is 5.92 Å². The van der Waals surface area contributed by atoms with E-state index in [9.17, 15) is 4.79 Å². The molecule has 1 aromatic rings. The molecule has 0 unspecified atom stereocenters. The summed E-state index contributed by atoms with van der Waals surface area (Å²) in [5.41, 5.74) is 7.38. The average molecular weight is 296 g/mol. The van der Waals surface area contributed by atoms with Crippen LogP contribution in [0.1, 0.15) is 20.3 Å². The molecule has 2 N–H and O–H groups in total. The van der Waals surface area contributed by atoms with Crippen LogP contribution < -0.4 is 10.6 Å². The van der Waals surface area contributed by atoms with Crippen LogP contribution in [0.4, 0.5) is 11.4 Å². The van der Waals surface area contributed by atoms with Crippen LogP contribution in [0.25, 0.3) is 0 Å². The highest BCUT2D eigenvalue weighted by Gasteiger charge is 2.22. The monoisotopic (exact) mass is 295 g/mol. The summed E-state index contributed by atoms with van der Waals surface area (Å²) in [4.78, 5) is 16.2. The number of hydrogen-bond donors (Lipinski definition) is 1. The number of halogens is 1. The fourth-order valence-corrected chi connectivity index (χ4v) is 2.76. The Labute approximate surface area is 125 Å². The SMILES string of the molecule is CC(C)CC(=O)N1CCN(c2ccc(N)cc2Cl)CC1. The second-order valence-electron chi connectivity index (χ2n) is 5.68. The van der Waals surface area contributed by atoms with Crippen LogP contribution in [0.2, 0.25) is 5.02 Å². The fourth-order valence-electron chi connectivity index (χ4n) is 2.45. The van der Waals surface area contributed by atoms with E-state index in [1.54, 1.807) is 6.07 Å². The van der Waals surface area contributed by atoms with Crippen LogP contribution in [0, 0.1) is 5.92 Å². The van der Waals surface area contributed by atoms with Crippen molar-refractivity contribution in [2.75, 3.05) is 36.8 Å². The van der Waals surface area contributed by atoms with Gasteiger partial charge in [0.05, 0.1) is 10.7 Å². The summed E-state index contributed by atoms with van der Waals surface area (Å²) in [7, 11) is 0. The number of carbonyl (C=O) groups is 1. The van der Waals surface area contributed by atoms with Gasteiger partial charge in [-0.25, -0.2) is 0 Å². The van der Waals surface area contributed by atoms with Gasteiger partial charge >= 0.3 is 0 Å². The van der Waals surface area contributed by atoms with Crippen LogP contribution >= 0.6 is 11.6 Å². The predicted octanol–water partition coefficient (Wildman–Crippen LogP) is 2.62. The molecule has 110 valence electrons. The van der Waals surface area contributed by atoms with Crippen molar-refractivity contribution >= 4 is 28.9 Å². The first kappa shape index (κ1) is 15.0. The number of piperazine rings is 1. The second-order valence-corrected chi connectivity index (χ2v) is 6.08. The van der Waals surface area contributed by atoms with Gasteiger partial charge in [0.15, 0.2) is 0 Å². The Kier molecular flexibility index (Phi) is 4.76. The lowest BCUT2D eigenvalue weighted by molar-refractivity contribution is -0.132. The smallest absolute Gasteiger partial charge is 0.222 e. The number of anilines is 2. The van der Waals surface area contributed by atoms with Gasteiger partial charge in [0.25, 0.3) is 0 Å². The Bertz CT molecular complexity index is 482. The Balaban J connectivity index is 1.95. The molecule has 0 aromatic heterocycles. The predicted molar refractivity (Wildman–Crippen MR) is 84.1 cm³/mol. The van der Waals surface area contributed by atoms with E-state index in [-0.39, 0.29) is 5.91 Å². The quantitative estimate of drug-likeness (QED) is 0.872. The van der Waals surface area contributed by atoms with Gasteiger partial charge in [-0.2, -0.15) is 0 Å². The third kappa shape index (κ3) is 3.57. The molecule has 0 atom stereocenters. The minimum Gasteiger partial charge on any atom is -0.399 e. The third-order valence-electron chi connectivity index (χ3n) is 3.53. The Hall–Kier alpha value is -1.42. The van der Waals surface area contributed by atoms with Gasteiger partial charge in [0, 0.05) is 38.3 Å². The maximum Gasteiger partial charge on any atom is 0.222 e. The van der Waals surface area contributed by atoms with E-state index in [4.69, 9.17) is 17.3 Å². The Morgan fingerprint density at radius 3 is 2.50 bits per heavy atom. The van der Waals surface area contributed by atoms with Crippen LogP contribution in [0.5, 0.6) is 0 Å². The first-order valence-electron chi connectivity index (χ1n) is 7.05. The molecule has 0 bridgehead atoms. The molecule has 1 saturated heterocycles. The summed E-state index contributed by atoms with van der Waals surface area (Å²) >= 11 is 6.23. The van der Waals surface area contributed by atoms with Crippen molar-refractivity contribution < 1.29 is 4.79 Å². The van der Waals surface area contributed by atoms with Crippen LogP contribution in [-0.4, -0.2) is 37.0 Å². The summed E-state index contributed by atoms with van der Waals surface area (Å²) in [5, 5.41) is 0.673. The highest BCUT2D eigenvalue weighted by Crippen LogP contribution is 2.28. The summed E-state index contributed by atoms with van der Waals surface area (Å²) in [6, 6.07) is 5.58. The maximum absolute atomic E-state index is 12.0. The van der Waals surface area contributed by atoms with Gasteiger partial charge in [-0.05, 0) is 24.1 Å². The Morgan fingerprint density at radius 2 is 1.95 bits per heavy atom. The molecule has 5 heteroatoms. The number of hydrogen-bond acceptors (Lipinski definition) is 3. The molecular formula is C15H22ClN3O. The van der Waals surface area contributed by atoms with Crippen molar-refractivity contribution in [3.63, 3.8) is 0 Å². The largest absolute Gasteiger partial charge is 0.399 e. The van der Waals surface area contributed by atoms with Crippen molar-refractivity contribution in [1.29, 1.82) is 0 Å². The first-order valence-corrected chi connectivity index (χ1v) is 7.43. The summed E-state index contributed by atoms with van der Waals surface area (Å²) in [6.45, 7) is 7.28. The molecule has 1 aromatic carbocycles. The molecule has 1 amide bonds. The molecule has 0 radical (unpaired) electrons. The Morgan fingerprint density at radius 1 is 1.30 bits per heavy atom. The zero-order valence-corrected chi connectivity index (χ0v) is 12.9. The lowest BCUT2D eigenvalue weighted by Gasteiger charge is -2.36. The fraction of sp³-hybridized carbons (Fsp3) is 0.533. The van der Waals surface area contributed by atoms with Crippen molar-refractivity contribution in [2.45, 2.75) is 20.3 Å². The molecular weight excluding hydrogens is 274 g/mol. The summed E-state index contributed by atoms with van der Waals surface area (Å²) in [6.07, 6.45) is 0.628. The third-order valence-corrected chi connectivity index (χ3v) is 3.83. The van der Waals surface area contributed by atoms with Gasteiger partial charge in [-0.1, -0.05) is 25.4 Å². The van der Waals surface area contributed by atoms with Crippen LogP contribution in [0.15, 0.2) is 18.2 Å². The van der Waals surface area contributed by atoms with Gasteiger partial charge < -0.3 is 15.5 Å². The lowest BCUT2D eigenvalue weighted by Crippen LogP contribution is -2.49. The van der Waals surface area contributed by atoms with E-state index in [0.717, 1.165) is 31.9 Å². The molecule has 2 rings (SSSR count).